The smallest absolute Gasteiger partial charge is 0.300 e. The molecule has 2 unspecified atom stereocenters. The van der Waals surface area contributed by atoms with Crippen molar-refractivity contribution in [2.45, 2.75) is 45.1 Å². The highest BCUT2D eigenvalue weighted by atomic mass is 16.7. The number of para-hydroxylation sites is 1. The Kier molecular flexibility index (Phi) is 4.90. The first-order valence-corrected chi connectivity index (χ1v) is 10.7. The van der Waals surface area contributed by atoms with Gasteiger partial charge in [-0.15, -0.1) is 0 Å². The van der Waals surface area contributed by atoms with E-state index in [1.54, 1.807) is 0 Å². The molecule has 160 valence electrons. The fraction of sp³-hybridized carbons (Fsp3) is 0.333. The Hall–Kier alpha value is -3.32. The summed E-state index contributed by atoms with van der Waals surface area (Å²) in [7, 11) is 0. The van der Waals surface area contributed by atoms with Gasteiger partial charge in [-0.1, -0.05) is 31.2 Å². The van der Waals surface area contributed by atoms with Crippen molar-refractivity contribution in [1.29, 1.82) is 0 Å². The maximum Gasteiger partial charge on any atom is 0.300 e. The Balaban J connectivity index is 1.54. The van der Waals surface area contributed by atoms with E-state index in [2.05, 4.69) is 21.7 Å². The van der Waals surface area contributed by atoms with E-state index < -0.39 is 6.29 Å². The summed E-state index contributed by atoms with van der Waals surface area (Å²) in [6.07, 6.45) is 0.600. The van der Waals surface area contributed by atoms with E-state index in [-0.39, 0.29) is 23.8 Å². The van der Waals surface area contributed by atoms with Crippen LogP contribution in [0.5, 0.6) is 11.5 Å². The normalized spacial score (nSPS) is 21.7. The van der Waals surface area contributed by atoms with Crippen LogP contribution in [-0.4, -0.2) is 35.6 Å². The van der Waals surface area contributed by atoms with Gasteiger partial charge < -0.3 is 19.8 Å². The molecule has 3 aromatic rings. The van der Waals surface area contributed by atoms with E-state index in [0.29, 0.717) is 24.5 Å². The fourth-order valence-electron chi connectivity index (χ4n) is 4.35. The van der Waals surface area contributed by atoms with Crippen LogP contribution in [0.1, 0.15) is 43.1 Å². The summed E-state index contributed by atoms with van der Waals surface area (Å²) in [5.41, 5.74) is 4.18. The van der Waals surface area contributed by atoms with Crippen molar-refractivity contribution >= 4 is 22.6 Å². The van der Waals surface area contributed by atoms with Crippen molar-refractivity contribution in [3.05, 3.63) is 59.3 Å². The van der Waals surface area contributed by atoms with Gasteiger partial charge in [0.25, 0.3) is 0 Å². The summed E-state index contributed by atoms with van der Waals surface area (Å²) in [4.78, 5) is 28.0. The average Bonchev–Trinajstić information content (AvgIpc) is 3.38. The molecule has 5 rings (SSSR count). The van der Waals surface area contributed by atoms with Gasteiger partial charge in [0.05, 0.1) is 12.1 Å². The maximum atomic E-state index is 12.8. The summed E-state index contributed by atoms with van der Waals surface area (Å²) >= 11 is 0. The lowest BCUT2D eigenvalue weighted by Crippen LogP contribution is -2.50. The largest absolute Gasteiger partial charge is 0.444 e. The summed E-state index contributed by atoms with van der Waals surface area (Å²) in [6, 6.07) is 13.2. The average molecular weight is 419 g/mol. The quantitative estimate of drug-likeness (QED) is 0.591. The van der Waals surface area contributed by atoms with Crippen LogP contribution >= 0.6 is 0 Å². The van der Waals surface area contributed by atoms with Crippen molar-refractivity contribution in [3.8, 4) is 11.5 Å². The number of benzene rings is 2. The molecule has 0 aliphatic carbocycles. The molecule has 3 atom stereocenters. The van der Waals surface area contributed by atoms with Crippen molar-refractivity contribution in [1.82, 2.24) is 15.6 Å². The van der Waals surface area contributed by atoms with E-state index in [4.69, 9.17) is 9.47 Å². The van der Waals surface area contributed by atoms with Gasteiger partial charge >= 0.3 is 6.29 Å². The van der Waals surface area contributed by atoms with Crippen LogP contribution < -0.4 is 20.1 Å². The molecule has 1 amide bonds. The highest BCUT2D eigenvalue weighted by molar-refractivity contribution is 5.88. The lowest BCUT2D eigenvalue weighted by molar-refractivity contribution is -0.132. The molecule has 1 aromatic heterocycles. The van der Waals surface area contributed by atoms with Crippen LogP contribution in [0.2, 0.25) is 0 Å². The van der Waals surface area contributed by atoms with E-state index in [1.807, 2.05) is 43.3 Å². The first kappa shape index (κ1) is 19.6. The summed E-state index contributed by atoms with van der Waals surface area (Å²) in [5, 5.41) is 7.66. The third kappa shape index (κ3) is 3.45. The number of Topliss-reactive ketones (excluding diaryl/α,β-unsaturated/α-hetero) is 1. The number of nitrogens with one attached hydrogen (secondary N) is 3. The second kappa shape index (κ2) is 7.74. The number of H-pyrrole nitrogens is 1. The van der Waals surface area contributed by atoms with Gasteiger partial charge in [0, 0.05) is 30.1 Å². The van der Waals surface area contributed by atoms with Crippen molar-refractivity contribution in [2.24, 2.45) is 0 Å². The number of rotatable bonds is 5. The zero-order valence-electron chi connectivity index (χ0n) is 17.5. The number of fused-ring (bicyclic) bond motifs is 4. The highest BCUT2D eigenvalue weighted by Gasteiger charge is 2.35. The van der Waals surface area contributed by atoms with Crippen molar-refractivity contribution in [3.63, 3.8) is 0 Å². The Morgan fingerprint density at radius 2 is 1.94 bits per heavy atom. The Morgan fingerprint density at radius 1 is 1.13 bits per heavy atom. The third-order valence-corrected chi connectivity index (χ3v) is 5.88. The molecule has 3 heterocycles. The van der Waals surface area contributed by atoms with Crippen LogP contribution in [-0.2, 0) is 16.0 Å². The molecule has 0 fully saturated rings. The summed E-state index contributed by atoms with van der Waals surface area (Å²) < 4.78 is 11.3. The highest BCUT2D eigenvalue weighted by Crippen LogP contribution is 2.40. The van der Waals surface area contributed by atoms with E-state index in [1.165, 1.54) is 6.92 Å². The number of ether oxygens (including phenoxy) is 2. The first-order chi connectivity index (χ1) is 15.0. The zero-order valence-corrected chi connectivity index (χ0v) is 17.5. The van der Waals surface area contributed by atoms with Crippen molar-refractivity contribution in [2.75, 3.05) is 6.54 Å². The van der Waals surface area contributed by atoms with Crippen LogP contribution in [0.3, 0.4) is 0 Å². The van der Waals surface area contributed by atoms with Gasteiger partial charge in [-0.2, -0.15) is 0 Å². The monoisotopic (exact) mass is 419 g/mol. The molecule has 2 aliphatic heterocycles. The molecule has 7 nitrogen and oxygen atoms in total. The fourth-order valence-corrected chi connectivity index (χ4v) is 4.35. The van der Waals surface area contributed by atoms with E-state index in [9.17, 15) is 9.59 Å². The van der Waals surface area contributed by atoms with Crippen LogP contribution in [0.15, 0.2) is 42.5 Å². The first-order valence-electron chi connectivity index (χ1n) is 10.7. The van der Waals surface area contributed by atoms with E-state index >= 15 is 0 Å². The Morgan fingerprint density at radius 3 is 2.74 bits per heavy atom. The number of hydrogen-bond acceptors (Lipinski definition) is 5. The number of aromatic nitrogens is 1. The second-order valence-corrected chi connectivity index (χ2v) is 8.09. The summed E-state index contributed by atoms with van der Waals surface area (Å²) in [6.45, 7) is 4.13. The number of ketones is 1. The number of amides is 1. The molecule has 0 saturated carbocycles. The minimum absolute atomic E-state index is 0.000156. The predicted molar refractivity (Wildman–Crippen MR) is 116 cm³/mol. The molecule has 2 aromatic carbocycles. The molecule has 3 N–H and O–H groups in total. The van der Waals surface area contributed by atoms with Crippen LogP contribution in [0.4, 0.5) is 0 Å². The minimum Gasteiger partial charge on any atom is -0.444 e. The van der Waals surface area contributed by atoms with Gasteiger partial charge in [-0.05, 0) is 42.2 Å². The molecule has 31 heavy (non-hydrogen) atoms. The number of carbonyl (C=O) groups excluding carboxylic acids is 2. The number of aromatic amines is 1. The van der Waals surface area contributed by atoms with Gasteiger partial charge in [0.1, 0.15) is 0 Å². The van der Waals surface area contributed by atoms with Crippen molar-refractivity contribution < 1.29 is 19.1 Å². The lowest BCUT2D eigenvalue weighted by Gasteiger charge is -2.31. The van der Waals surface area contributed by atoms with E-state index in [0.717, 1.165) is 34.1 Å². The van der Waals surface area contributed by atoms with Gasteiger partial charge in [-0.25, -0.2) is 0 Å². The minimum atomic E-state index is -0.902. The molecular weight excluding hydrogens is 394 g/mol. The second-order valence-electron chi connectivity index (χ2n) is 8.09. The molecule has 2 aliphatic rings. The Labute approximate surface area is 180 Å². The standard InChI is InChI=1S/C24H25N3O4/c1-3-10-25-23(29)18-12-16-15-6-4-5-7-17(15)26-22(16)21(27-18)14-8-9-19-20(11-14)31-24(30-19)13(2)28/h4-9,11,18,21,24,26-27H,3,10,12H2,1-2H3,(H,25,29)/t18?,21-,24?/m1/s1. The third-order valence-electron chi connectivity index (χ3n) is 5.88. The molecule has 0 radical (unpaired) electrons. The molecule has 7 heteroatoms. The molecule has 0 bridgehead atoms. The molecular formula is C24H25N3O4. The lowest BCUT2D eigenvalue weighted by atomic mass is 9.90. The van der Waals surface area contributed by atoms with Gasteiger partial charge in [0.15, 0.2) is 11.5 Å². The van der Waals surface area contributed by atoms with Crippen LogP contribution in [0, 0.1) is 0 Å². The van der Waals surface area contributed by atoms with Gasteiger partial charge in [-0.3, -0.25) is 14.9 Å². The van der Waals surface area contributed by atoms with Crippen LogP contribution in [0.25, 0.3) is 10.9 Å². The molecule has 0 saturated heterocycles. The topological polar surface area (TPSA) is 92.5 Å². The predicted octanol–water partition coefficient (Wildman–Crippen LogP) is 2.98. The van der Waals surface area contributed by atoms with Gasteiger partial charge in [0.2, 0.25) is 11.7 Å². The Bertz CT molecular complexity index is 1170. The maximum absolute atomic E-state index is 12.8. The molecule has 0 spiro atoms. The number of hydrogen-bond donors (Lipinski definition) is 3. The summed E-state index contributed by atoms with van der Waals surface area (Å²) in [5.74, 6) is 0.905. The zero-order chi connectivity index (χ0) is 21.5. The SMILES string of the molecule is CCCNC(=O)C1Cc2c([nH]c3ccccc23)[C@@H](c2ccc3c(c2)OC(C(C)=O)O3)N1. The number of carbonyl (C=O) groups is 2.